The van der Waals surface area contributed by atoms with E-state index in [-0.39, 0.29) is 16.7 Å². The first-order chi connectivity index (χ1) is 15.1. The second-order valence-corrected chi connectivity index (χ2v) is 10.3. The second-order valence-electron chi connectivity index (χ2n) is 8.28. The van der Waals surface area contributed by atoms with E-state index in [0.29, 0.717) is 22.7 Å². The summed E-state index contributed by atoms with van der Waals surface area (Å²) in [5.74, 6) is 0.202. The number of rotatable bonds is 8. The molecule has 0 bridgehead atoms. The minimum absolute atomic E-state index is 0.118. The highest BCUT2D eigenvalue weighted by molar-refractivity contribution is 7.90. The van der Waals surface area contributed by atoms with Gasteiger partial charge in [-0.2, -0.15) is 9.78 Å². The predicted molar refractivity (Wildman–Crippen MR) is 122 cm³/mol. The molecule has 170 valence electrons. The average Bonchev–Trinajstić information content (AvgIpc) is 2.74. The number of hydrogen-bond donors (Lipinski definition) is 0. The van der Waals surface area contributed by atoms with E-state index >= 15 is 0 Å². The number of benzene rings is 2. The summed E-state index contributed by atoms with van der Waals surface area (Å²) in [4.78, 5) is 13.5. The summed E-state index contributed by atoms with van der Waals surface area (Å²) in [6.45, 7) is 6.14. The fraction of sp³-hybridized carbons (Fsp3) is 0.333. The predicted octanol–water partition coefficient (Wildman–Crippen LogP) is 4.65. The third-order valence-corrected chi connectivity index (χ3v) is 6.20. The van der Waals surface area contributed by atoms with Crippen molar-refractivity contribution >= 4 is 9.84 Å². The van der Waals surface area contributed by atoms with E-state index in [9.17, 15) is 17.6 Å². The van der Waals surface area contributed by atoms with E-state index < -0.39 is 21.2 Å². The third kappa shape index (κ3) is 5.62. The molecule has 0 aliphatic carbocycles. The largest absolute Gasteiger partial charge is 0.484 e. The molecule has 0 aliphatic rings. The zero-order valence-electron chi connectivity index (χ0n) is 18.6. The highest BCUT2D eigenvalue weighted by Crippen LogP contribution is 2.29. The Morgan fingerprint density at radius 2 is 1.62 bits per heavy atom. The van der Waals surface area contributed by atoms with Crippen molar-refractivity contribution in [1.29, 1.82) is 0 Å². The number of hydrogen-bond acceptors (Lipinski definition) is 5. The molecule has 0 aliphatic heterocycles. The lowest BCUT2D eigenvalue weighted by atomic mass is 10.1. The number of nitrogens with zero attached hydrogens (tertiary/aromatic N) is 2. The Hall–Kier alpha value is -3.00. The lowest BCUT2D eigenvalue weighted by molar-refractivity contribution is 0.198. The molecule has 0 N–H and O–H groups in total. The lowest BCUT2D eigenvalue weighted by Gasteiger charge is -2.19. The number of aromatic nitrogens is 2. The summed E-state index contributed by atoms with van der Waals surface area (Å²) in [6, 6.07) is 11.7. The van der Waals surface area contributed by atoms with Crippen molar-refractivity contribution in [2.45, 2.75) is 44.6 Å². The van der Waals surface area contributed by atoms with Gasteiger partial charge in [-0.3, -0.25) is 4.79 Å². The van der Waals surface area contributed by atoms with Gasteiger partial charge in [0.15, 0.2) is 15.6 Å². The summed E-state index contributed by atoms with van der Waals surface area (Å²) >= 11 is 0. The summed E-state index contributed by atoms with van der Waals surface area (Å²) < 4.78 is 44.2. The maximum Gasteiger partial charge on any atom is 0.314 e. The van der Waals surface area contributed by atoms with E-state index in [1.807, 2.05) is 6.92 Å². The van der Waals surface area contributed by atoms with Crippen molar-refractivity contribution in [3.8, 4) is 22.6 Å². The van der Waals surface area contributed by atoms with Crippen LogP contribution in [0.1, 0.15) is 33.6 Å². The molecule has 1 aromatic heterocycles. The Bertz CT molecular complexity index is 1230. The van der Waals surface area contributed by atoms with Gasteiger partial charge < -0.3 is 4.74 Å². The standard InChI is InChI=1S/C24H27FN2O4S/c1-16(2)5-6-17(3)31-23-22(18-7-13-21(14-8-18)32(4,29)30)15-26-27(24(23)28)20-11-9-19(25)10-12-20/h7-17H,5-6H2,1-4H3. The molecule has 0 saturated heterocycles. The summed E-state index contributed by atoms with van der Waals surface area (Å²) in [6.07, 6.45) is 4.13. The molecule has 0 fully saturated rings. The molecule has 1 atom stereocenters. The SMILES string of the molecule is CC(C)CCC(C)Oc1c(-c2ccc(S(C)(=O)=O)cc2)cnn(-c2ccc(F)cc2)c1=O. The Balaban J connectivity index is 2.08. The van der Waals surface area contributed by atoms with Gasteiger partial charge in [0.1, 0.15) is 5.82 Å². The van der Waals surface area contributed by atoms with Crippen LogP contribution in [0.5, 0.6) is 5.75 Å². The van der Waals surface area contributed by atoms with Gasteiger partial charge in [0, 0.05) is 11.8 Å². The molecule has 32 heavy (non-hydrogen) atoms. The van der Waals surface area contributed by atoms with E-state index in [1.54, 1.807) is 12.1 Å². The van der Waals surface area contributed by atoms with Crippen molar-refractivity contribution < 1.29 is 17.5 Å². The van der Waals surface area contributed by atoms with Crippen molar-refractivity contribution in [3.05, 3.63) is 70.9 Å². The van der Waals surface area contributed by atoms with Gasteiger partial charge in [0.25, 0.3) is 0 Å². The third-order valence-electron chi connectivity index (χ3n) is 5.07. The Morgan fingerprint density at radius 1 is 1.00 bits per heavy atom. The van der Waals surface area contributed by atoms with Crippen LogP contribution >= 0.6 is 0 Å². The van der Waals surface area contributed by atoms with Crippen LogP contribution in [0, 0.1) is 11.7 Å². The molecule has 1 heterocycles. The van der Waals surface area contributed by atoms with Crippen LogP contribution in [0.3, 0.4) is 0 Å². The molecule has 6 nitrogen and oxygen atoms in total. The first-order valence-electron chi connectivity index (χ1n) is 10.4. The van der Waals surface area contributed by atoms with Crippen LogP contribution in [0.25, 0.3) is 16.8 Å². The van der Waals surface area contributed by atoms with E-state index in [0.717, 1.165) is 23.8 Å². The highest BCUT2D eigenvalue weighted by atomic mass is 32.2. The van der Waals surface area contributed by atoms with E-state index in [4.69, 9.17) is 4.74 Å². The maximum atomic E-state index is 13.3. The van der Waals surface area contributed by atoms with Gasteiger partial charge in [-0.25, -0.2) is 12.8 Å². The van der Waals surface area contributed by atoms with E-state index in [2.05, 4.69) is 18.9 Å². The quantitative estimate of drug-likeness (QED) is 0.491. The van der Waals surface area contributed by atoms with Crippen molar-refractivity contribution in [1.82, 2.24) is 9.78 Å². The van der Waals surface area contributed by atoms with Gasteiger partial charge in [-0.15, -0.1) is 0 Å². The van der Waals surface area contributed by atoms with Crippen LogP contribution < -0.4 is 10.3 Å². The molecular weight excluding hydrogens is 431 g/mol. The number of sulfone groups is 1. The lowest BCUT2D eigenvalue weighted by Crippen LogP contribution is -2.26. The van der Waals surface area contributed by atoms with Crippen molar-refractivity contribution in [3.63, 3.8) is 0 Å². The zero-order chi connectivity index (χ0) is 23.5. The van der Waals surface area contributed by atoms with Crippen molar-refractivity contribution in [2.75, 3.05) is 6.26 Å². The molecule has 8 heteroatoms. The zero-order valence-corrected chi connectivity index (χ0v) is 19.4. The molecule has 3 aromatic rings. The topological polar surface area (TPSA) is 78.3 Å². The van der Waals surface area contributed by atoms with Crippen LogP contribution in [-0.2, 0) is 9.84 Å². The van der Waals surface area contributed by atoms with Gasteiger partial charge in [0.2, 0.25) is 0 Å². The second kappa shape index (κ2) is 9.65. The molecule has 2 aromatic carbocycles. The highest BCUT2D eigenvalue weighted by Gasteiger charge is 2.19. The monoisotopic (exact) mass is 458 g/mol. The van der Waals surface area contributed by atoms with Crippen LogP contribution in [-0.4, -0.2) is 30.6 Å². The van der Waals surface area contributed by atoms with Crippen LogP contribution in [0.15, 0.2) is 64.4 Å². The molecular formula is C24H27FN2O4S. The van der Waals surface area contributed by atoms with Gasteiger partial charge >= 0.3 is 5.56 Å². The minimum Gasteiger partial charge on any atom is -0.484 e. The Kier molecular flexibility index (Phi) is 7.13. The Morgan fingerprint density at radius 3 is 2.19 bits per heavy atom. The molecule has 0 radical (unpaired) electrons. The number of ether oxygens (including phenoxy) is 1. The molecule has 1 unspecified atom stereocenters. The Labute approximate surface area is 187 Å². The van der Waals surface area contributed by atoms with Crippen LogP contribution in [0.4, 0.5) is 4.39 Å². The fourth-order valence-corrected chi connectivity index (χ4v) is 3.86. The normalized spacial score (nSPS) is 12.7. The van der Waals surface area contributed by atoms with Crippen molar-refractivity contribution in [2.24, 2.45) is 5.92 Å². The van der Waals surface area contributed by atoms with Gasteiger partial charge in [0.05, 0.1) is 22.9 Å². The minimum atomic E-state index is -3.34. The van der Waals surface area contributed by atoms with Crippen LogP contribution in [0.2, 0.25) is 0 Å². The number of halogens is 1. The maximum absolute atomic E-state index is 13.3. The fourth-order valence-electron chi connectivity index (χ4n) is 3.23. The van der Waals surface area contributed by atoms with E-state index in [1.165, 1.54) is 42.6 Å². The smallest absolute Gasteiger partial charge is 0.314 e. The summed E-state index contributed by atoms with van der Waals surface area (Å²) in [5, 5.41) is 4.25. The first kappa shape index (κ1) is 23.7. The summed E-state index contributed by atoms with van der Waals surface area (Å²) in [5.41, 5.74) is 1.01. The van der Waals surface area contributed by atoms with Gasteiger partial charge in [-0.05, 0) is 67.6 Å². The average molecular weight is 459 g/mol. The van der Waals surface area contributed by atoms with Gasteiger partial charge in [-0.1, -0.05) is 26.0 Å². The molecule has 0 amide bonds. The first-order valence-corrected chi connectivity index (χ1v) is 12.3. The summed E-state index contributed by atoms with van der Waals surface area (Å²) in [7, 11) is -3.34. The molecule has 0 saturated carbocycles. The molecule has 3 rings (SSSR count). The molecule has 0 spiro atoms.